The molecule has 1 amide bonds. The molecule has 0 heterocycles. The smallest absolute Gasteiger partial charge is 0.326 e. The Morgan fingerprint density at radius 3 is 2.26 bits per heavy atom. The van der Waals surface area contributed by atoms with E-state index in [4.69, 9.17) is 23.2 Å². The van der Waals surface area contributed by atoms with E-state index in [2.05, 4.69) is 5.32 Å². The average Bonchev–Trinajstić information content (AvgIpc) is 2.46. The van der Waals surface area contributed by atoms with E-state index in [1.807, 2.05) is 0 Å². The number of phenols is 1. The first-order valence-electron chi connectivity index (χ1n) is 6.64. The van der Waals surface area contributed by atoms with Crippen LogP contribution in [0, 0.1) is 0 Å². The maximum atomic E-state index is 12.3. The normalized spacial score (nSPS) is 11.7. The van der Waals surface area contributed by atoms with Gasteiger partial charge in [-0.1, -0.05) is 41.4 Å². The highest BCUT2D eigenvalue weighted by atomic mass is 35.5. The molecule has 0 bridgehead atoms. The van der Waals surface area contributed by atoms with Crippen molar-refractivity contribution in [2.24, 2.45) is 0 Å². The van der Waals surface area contributed by atoms with Gasteiger partial charge in [0.15, 0.2) is 0 Å². The summed E-state index contributed by atoms with van der Waals surface area (Å²) in [6.45, 7) is 0. The highest BCUT2D eigenvalue weighted by Gasteiger charge is 2.23. The molecule has 0 fully saturated rings. The van der Waals surface area contributed by atoms with Crippen LogP contribution in [0.25, 0.3) is 0 Å². The van der Waals surface area contributed by atoms with E-state index in [1.54, 1.807) is 18.2 Å². The molecular weight excluding hydrogens is 341 g/mol. The Bertz CT molecular complexity index is 728. The Hall–Kier alpha value is -2.24. The number of phenolic OH excluding ortho intramolecular Hbond substituents is 1. The molecule has 0 aliphatic carbocycles. The van der Waals surface area contributed by atoms with Crippen LogP contribution in [0.4, 0.5) is 0 Å². The van der Waals surface area contributed by atoms with Gasteiger partial charge in [-0.15, -0.1) is 0 Å². The monoisotopic (exact) mass is 353 g/mol. The van der Waals surface area contributed by atoms with Crippen molar-refractivity contribution in [2.45, 2.75) is 12.5 Å². The van der Waals surface area contributed by atoms with Gasteiger partial charge in [-0.2, -0.15) is 0 Å². The lowest BCUT2D eigenvalue weighted by molar-refractivity contribution is -0.139. The molecule has 0 aliphatic rings. The zero-order valence-electron chi connectivity index (χ0n) is 11.8. The summed E-state index contributed by atoms with van der Waals surface area (Å²) in [5, 5.41) is 21.4. The Balaban J connectivity index is 2.19. The summed E-state index contributed by atoms with van der Waals surface area (Å²) in [5.74, 6) is -1.86. The fourth-order valence-corrected chi connectivity index (χ4v) is 2.63. The molecule has 0 saturated carbocycles. The number of benzene rings is 2. The van der Waals surface area contributed by atoms with Gasteiger partial charge >= 0.3 is 5.97 Å². The van der Waals surface area contributed by atoms with Gasteiger partial charge in [0.05, 0.1) is 15.6 Å². The van der Waals surface area contributed by atoms with E-state index in [0.29, 0.717) is 5.56 Å². The Morgan fingerprint density at radius 1 is 1.09 bits per heavy atom. The summed E-state index contributed by atoms with van der Waals surface area (Å²) < 4.78 is 0. The second-order valence-electron chi connectivity index (χ2n) is 4.83. The minimum atomic E-state index is -1.20. The molecule has 2 aromatic carbocycles. The van der Waals surface area contributed by atoms with Crippen LogP contribution in [0.2, 0.25) is 10.0 Å². The van der Waals surface area contributed by atoms with E-state index < -0.39 is 17.9 Å². The quantitative estimate of drug-likeness (QED) is 0.770. The Kier molecular flexibility index (Phi) is 5.47. The van der Waals surface area contributed by atoms with Gasteiger partial charge in [0.2, 0.25) is 0 Å². The average molecular weight is 354 g/mol. The number of carbonyl (C=O) groups excluding carboxylic acids is 1. The standard InChI is InChI=1S/C16H13Cl2NO4/c17-11-5-2-6-12(18)14(11)15(21)19-13(16(22)23)8-9-3-1-4-10(20)7-9/h1-7,13,20H,8H2,(H,19,21)(H,22,23). The number of halogens is 2. The number of aliphatic carboxylic acids is 1. The summed E-state index contributed by atoms with van der Waals surface area (Å²) in [4.78, 5) is 23.6. The zero-order chi connectivity index (χ0) is 17.0. The highest BCUT2D eigenvalue weighted by molar-refractivity contribution is 6.39. The lowest BCUT2D eigenvalue weighted by atomic mass is 10.0. The number of aromatic hydroxyl groups is 1. The summed E-state index contributed by atoms with van der Waals surface area (Å²) in [6.07, 6.45) is 0.0115. The summed E-state index contributed by atoms with van der Waals surface area (Å²) in [7, 11) is 0. The molecule has 5 nitrogen and oxygen atoms in total. The summed E-state index contributed by atoms with van der Waals surface area (Å²) in [5.41, 5.74) is 0.598. The fourth-order valence-electron chi connectivity index (χ4n) is 2.06. The highest BCUT2D eigenvalue weighted by Crippen LogP contribution is 2.24. The van der Waals surface area contributed by atoms with Crippen molar-refractivity contribution in [3.63, 3.8) is 0 Å². The third-order valence-electron chi connectivity index (χ3n) is 3.14. The molecule has 7 heteroatoms. The lowest BCUT2D eigenvalue weighted by Gasteiger charge is -2.16. The van der Waals surface area contributed by atoms with Gasteiger partial charge in [0, 0.05) is 6.42 Å². The van der Waals surface area contributed by atoms with Crippen LogP contribution in [0.5, 0.6) is 5.75 Å². The van der Waals surface area contributed by atoms with Crippen LogP contribution in [-0.4, -0.2) is 28.1 Å². The molecule has 0 aliphatic heterocycles. The number of amides is 1. The number of hydrogen-bond acceptors (Lipinski definition) is 3. The lowest BCUT2D eigenvalue weighted by Crippen LogP contribution is -2.42. The van der Waals surface area contributed by atoms with Crippen molar-refractivity contribution in [3.8, 4) is 5.75 Å². The minimum absolute atomic E-state index is 0.0115. The van der Waals surface area contributed by atoms with Gasteiger partial charge in [-0.3, -0.25) is 4.79 Å². The Labute approximate surface area is 142 Å². The van der Waals surface area contributed by atoms with E-state index >= 15 is 0 Å². The minimum Gasteiger partial charge on any atom is -0.508 e. The molecule has 3 N–H and O–H groups in total. The van der Waals surface area contributed by atoms with Crippen LogP contribution in [0.15, 0.2) is 42.5 Å². The predicted molar refractivity (Wildman–Crippen MR) is 87.2 cm³/mol. The molecule has 0 aromatic heterocycles. The fraction of sp³-hybridized carbons (Fsp3) is 0.125. The second-order valence-corrected chi connectivity index (χ2v) is 5.65. The van der Waals surface area contributed by atoms with Crippen molar-refractivity contribution in [2.75, 3.05) is 0 Å². The maximum Gasteiger partial charge on any atom is 0.326 e. The SMILES string of the molecule is O=C(NC(Cc1cccc(O)c1)C(=O)O)c1c(Cl)cccc1Cl. The van der Waals surface area contributed by atoms with Crippen LogP contribution >= 0.6 is 23.2 Å². The van der Waals surface area contributed by atoms with Crippen molar-refractivity contribution in [3.05, 3.63) is 63.6 Å². The molecule has 2 aromatic rings. The molecule has 120 valence electrons. The van der Waals surface area contributed by atoms with Gasteiger partial charge in [0.25, 0.3) is 5.91 Å². The van der Waals surface area contributed by atoms with E-state index in [0.717, 1.165) is 0 Å². The first-order valence-corrected chi connectivity index (χ1v) is 7.39. The number of carboxylic acid groups (broad SMARTS) is 1. The van der Waals surface area contributed by atoms with Crippen molar-refractivity contribution >= 4 is 35.1 Å². The van der Waals surface area contributed by atoms with Crippen molar-refractivity contribution in [1.82, 2.24) is 5.32 Å². The van der Waals surface area contributed by atoms with Gasteiger partial charge < -0.3 is 15.5 Å². The van der Waals surface area contributed by atoms with Gasteiger partial charge in [-0.25, -0.2) is 4.79 Å². The molecule has 1 unspecified atom stereocenters. The molecule has 0 saturated heterocycles. The number of carbonyl (C=O) groups is 2. The van der Waals surface area contributed by atoms with Crippen LogP contribution in [-0.2, 0) is 11.2 Å². The first-order chi connectivity index (χ1) is 10.9. The maximum absolute atomic E-state index is 12.3. The van der Waals surface area contributed by atoms with Gasteiger partial charge in [0.1, 0.15) is 11.8 Å². The van der Waals surface area contributed by atoms with Crippen molar-refractivity contribution < 1.29 is 19.8 Å². The topological polar surface area (TPSA) is 86.6 Å². The number of rotatable bonds is 5. The Morgan fingerprint density at radius 2 is 1.70 bits per heavy atom. The van der Waals surface area contributed by atoms with Crippen LogP contribution < -0.4 is 5.32 Å². The number of carboxylic acids is 1. The molecule has 0 radical (unpaired) electrons. The summed E-state index contributed by atoms with van der Waals surface area (Å²) in [6, 6.07) is 9.55. The third-order valence-corrected chi connectivity index (χ3v) is 3.77. The van der Waals surface area contributed by atoms with E-state index in [-0.39, 0.29) is 27.8 Å². The van der Waals surface area contributed by atoms with Crippen LogP contribution in [0.1, 0.15) is 15.9 Å². The molecule has 1 atom stereocenters. The second kappa shape index (κ2) is 7.35. The van der Waals surface area contributed by atoms with Crippen molar-refractivity contribution in [1.29, 1.82) is 0 Å². The molecule has 0 spiro atoms. The predicted octanol–water partition coefficient (Wildman–Crippen LogP) is 3.12. The van der Waals surface area contributed by atoms with Gasteiger partial charge in [-0.05, 0) is 29.8 Å². The molecule has 2 rings (SSSR count). The summed E-state index contributed by atoms with van der Waals surface area (Å²) >= 11 is 11.9. The molecule has 23 heavy (non-hydrogen) atoms. The number of nitrogens with one attached hydrogen (secondary N) is 1. The van der Waals surface area contributed by atoms with E-state index in [1.165, 1.54) is 24.3 Å². The molecular formula is C16H13Cl2NO4. The number of hydrogen-bond donors (Lipinski definition) is 3. The van der Waals surface area contributed by atoms with Crippen LogP contribution in [0.3, 0.4) is 0 Å². The first kappa shape index (κ1) is 17.1. The zero-order valence-corrected chi connectivity index (χ0v) is 13.3. The largest absolute Gasteiger partial charge is 0.508 e. The third kappa shape index (κ3) is 4.37. The van der Waals surface area contributed by atoms with E-state index in [9.17, 15) is 19.8 Å².